The maximum absolute atomic E-state index is 12.5. The Labute approximate surface area is 123 Å². The van der Waals surface area contributed by atoms with Gasteiger partial charge in [0.05, 0.1) is 10.8 Å². The molecule has 0 aliphatic carbocycles. The number of hydrogen-bond donors (Lipinski definition) is 2. The number of carbonyl (C=O) groups excluding carboxylic acids is 2. The summed E-state index contributed by atoms with van der Waals surface area (Å²) in [5.41, 5.74) is 10.6. The van der Waals surface area contributed by atoms with E-state index >= 15 is 0 Å². The first kappa shape index (κ1) is 15.5. The molecule has 1 saturated heterocycles. The molecule has 2 amide bonds. The summed E-state index contributed by atoms with van der Waals surface area (Å²) in [5.74, 6) is -1.57. The average Bonchev–Trinajstić information content (AvgIpc) is 2.47. The van der Waals surface area contributed by atoms with Crippen LogP contribution in [0.25, 0.3) is 0 Å². The molecule has 0 bridgehead atoms. The molecule has 0 saturated carbocycles. The Kier molecular flexibility index (Phi) is 4.29. The van der Waals surface area contributed by atoms with Crippen LogP contribution < -0.4 is 11.5 Å². The molecule has 1 fully saturated rings. The van der Waals surface area contributed by atoms with Crippen LogP contribution in [0.4, 0.5) is 0 Å². The van der Waals surface area contributed by atoms with E-state index in [1.165, 1.54) is 28.6 Å². The standard InChI is InChI=1S/C13H17N3O4S/c14-12(17)9-3-5-11(6-4-9)21(19,20)16-7-1-2-10(8-16)13(15)18/h3-6,10H,1-2,7-8H2,(H2,14,17)(H2,15,18)/t10-/m1/s1. The number of piperidine rings is 1. The van der Waals surface area contributed by atoms with E-state index in [2.05, 4.69) is 0 Å². The molecule has 1 aliphatic rings. The van der Waals surface area contributed by atoms with Crippen molar-refractivity contribution in [1.82, 2.24) is 4.31 Å². The fourth-order valence-electron chi connectivity index (χ4n) is 2.33. The van der Waals surface area contributed by atoms with Crippen molar-refractivity contribution < 1.29 is 18.0 Å². The van der Waals surface area contributed by atoms with E-state index in [1.807, 2.05) is 0 Å². The number of benzene rings is 1. The van der Waals surface area contributed by atoms with Crippen molar-refractivity contribution in [2.24, 2.45) is 17.4 Å². The van der Waals surface area contributed by atoms with Gasteiger partial charge in [-0.05, 0) is 37.1 Å². The summed E-state index contributed by atoms with van der Waals surface area (Å²) in [5, 5.41) is 0. The summed E-state index contributed by atoms with van der Waals surface area (Å²) in [6, 6.07) is 5.40. The van der Waals surface area contributed by atoms with Crippen molar-refractivity contribution >= 4 is 21.8 Å². The summed E-state index contributed by atoms with van der Waals surface area (Å²) in [6.45, 7) is 0.443. The SMILES string of the molecule is NC(=O)c1ccc(S(=O)(=O)N2CCC[C@@H](C(N)=O)C2)cc1. The molecule has 1 atom stereocenters. The summed E-state index contributed by atoms with van der Waals surface area (Å²) >= 11 is 0. The van der Waals surface area contributed by atoms with E-state index in [0.717, 1.165) is 0 Å². The van der Waals surface area contributed by atoms with Crippen molar-refractivity contribution in [3.05, 3.63) is 29.8 Å². The monoisotopic (exact) mass is 311 g/mol. The lowest BCUT2D eigenvalue weighted by Crippen LogP contribution is -2.44. The van der Waals surface area contributed by atoms with Gasteiger partial charge in [0.2, 0.25) is 21.8 Å². The van der Waals surface area contributed by atoms with E-state index in [-0.39, 0.29) is 17.0 Å². The first-order valence-electron chi connectivity index (χ1n) is 6.51. The molecule has 2 rings (SSSR count). The van der Waals surface area contributed by atoms with Gasteiger partial charge in [-0.1, -0.05) is 0 Å². The molecule has 21 heavy (non-hydrogen) atoms. The van der Waals surface area contributed by atoms with E-state index in [1.54, 1.807) is 0 Å². The first-order chi connectivity index (χ1) is 9.82. The number of hydrogen-bond acceptors (Lipinski definition) is 4. The Morgan fingerprint density at radius 1 is 1.14 bits per heavy atom. The van der Waals surface area contributed by atoms with E-state index in [0.29, 0.717) is 19.4 Å². The van der Waals surface area contributed by atoms with Crippen LogP contribution >= 0.6 is 0 Å². The molecule has 1 aromatic rings. The zero-order chi connectivity index (χ0) is 15.6. The Morgan fingerprint density at radius 2 is 1.76 bits per heavy atom. The number of primary amides is 2. The zero-order valence-corrected chi connectivity index (χ0v) is 12.2. The molecule has 1 aromatic carbocycles. The highest BCUT2D eigenvalue weighted by atomic mass is 32.2. The van der Waals surface area contributed by atoms with Crippen molar-refractivity contribution in [3.63, 3.8) is 0 Å². The maximum atomic E-state index is 12.5. The normalized spacial score (nSPS) is 20.1. The highest BCUT2D eigenvalue weighted by Crippen LogP contribution is 2.23. The molecule has 8 heteroatoms. The molecular weight excluding hydrogens is 294 g/mol. The fourth-order valence-corrected chi connectivity index (χ4v) is 3.86. The van der Waals surface area contributed by atoms with Crippen molar-refractivity contribution in [1.29, 1.82) is 0 Å². The molecule has 114 valence electrons. The van der Waals surface area contributed by atoms with Crippen molar-refractivity contribution in [2.45, 2.75) is 17.7 Å². The smallest absolute Gasteiger partial charge is 0.248 e. The second kappa shape index (κ2) is 5.82. The summed E-state index contributed by atoms with van der Waals surface area (Å²) in [4.78, 5) is 22.3. The van der Waals surface area contributed by atoms with Gasteiger partial charge in [0.1, 0.15) is 0 Å². The van der Waals surface area contributed by atoms with Gasteiger partial charge < -0.3 is 11.5 Å². The molecule has 1 aliphatic heterocycles. The number of rotatable bonds is 4. The summed E-state index contributed by atoms with van der Waals surface area (Å²) in [7, 11) is -3.70. The lowest BCUT2D eigenvalue weighted by molar-refractivity contribution is -0.122. The number of nitrogens with two attached hydrogens (primary N) is 2. The van der Waals surface area contributed by atoms with Gasteiger partial charge in [-0.3, -0.25) is 9.59 Å². The third-order valence-corrected chi connectivity index (χ3v) is 5.44. The molecule has 1 heterocycles. The Morgan fingerprint density at radius 3 is 2.29 bits per heavy atom. The maximum Gasteiger partial charge on any atom is 0.248 e. The molecule has 0 radical (unpaired) electrons. The highest BCUT2D eigenvalue weighted by Gasteiger charge is 2.32. The van der Waals surface area contributed by atoms with Crippen LogP contribution in [0.5, 0.6) is 0 Å². The minimum absolute atomic E-state index is 0.0672. The van der Waals surface area contributed by atoms with E-state index in [4.69, 9.17) is 11.5 Å². The van der Waals surface area contributed by atoms with Crippen LogP contribution in [-0.4, -0.2) is 37.6 Å². The number of amides is 2. The van der Waals surface area contributed by atoms with Crippen LogP contribution in [0, 0.1) is 5.92 Å². The van der Waals surface area contributed by atoms with Gasteiger partial charge in [0.25, 0.3) is 0 Å². The molecule has 4 N–H and O–H groups in total. The van der Waals surface area contributed by atoms with Crippen LogP contribution in [0.15, 0.2) is 29.2 Å². The Hall–Kier alpha value is -1.93. The third-order valence-electron chi connectivity index (χ3n) is 3.56. The molecule has 0 spiro atoms. The zero-order valence-electron chi connectivity index (χ0n) is 11.4. The Balaban J connectivity index is 2.24. The Bertz CT molecular complexity index is 654. The van der Waals surface area contributed by atoms with Crippen molar-refractivity contribution in [3.8, 4) is 0 Å². The van der Waals surface area contributed by atoms with Crippen molar-refractivity contribution in [2.75, 3.05) is 13.1 Å². The van der Waals surface area contributed by atoms with Gasteiger partial charge in [-0.15, -0.1) is 0 Å². The van der Waals surface area contributed by atoms with E-state index in [9.17, 15) is 18.0 Å². The predicted octanol–water partition coefficient (Wildman–Crippen LogP) is -0.328. The minimum atomic E-state index is -3.70. The van der Waals surface area contributed by atoms with Gasteiger partial charge in [-0.2, -0.15) is 4.31 Å². The summed E-state index contributed by atoms with van der Waals surface area (Å²) < 4.78 is 26.2. The average molecular weight is 311 g/mol. The lowest BCUT2D eigenvalue weighted by atomic mass is 9.99. The molecular formula is C13H17N3O4S. The third kappa shape index (κ3) is 3.22. The topological polar surface area (TPSA) is 124 Å². The minimum Gasteiger partial charge on any atom is -0.369 e. The van der Waals surface area contributed by atoms with Gasteiger partial charge in [-0.25, -0.2) is 8.42 Å². The van der Waals surface area contributed by atoms with Crippen LogP contribution in [0.3, 0.4) is 0 Å². The highest BCUT2D eigenvalue weighted by molar-refractivity contribution is 7.89. The predicted molar refractivity (Wildman–Crippen MR) is 75.6 cm³/mol. The largest absolute Gasteiger partial charge is 0.369 e. The number of sulfonamides is 1. The van der Waals surface area contributed by atoms with Crippen LogP contribution in [0.2, 0.25) is 0 Å². The fraction of sp³-hybridized carbons (Fsp3) is 0.385. The molecule has 7 nitrogen and oxygen atoms in total. The van der Waals surface area contributed by atoms with Crippen LogP contribution in [-0.2, 0) is 14.8 Å². The van der Waals surface area contributed by atoms with Gasteiger partial charge in [0, 0.05) is 18.7 Å². The van der Waals surface area contributed by atoms with Crippen LogP contribution in [0.1, 0.15) is 23.2 Å². The lowest BCUT2D eigenvalue weighted by Gasteiger charge is -2.30. The van der Waals surface area contributed by atoms with Gasteiger partial charge >= 0.3 is 0 Å². The second-order valence-corrected chi connectivity index (χ2v) is 6.93. The number of nitrogens with zero attached hydrogens (tertiary/aromatic N) is 1. The quantitative estimate of drug-likeness (QED) is 0.790. The van der Waals surface area contributed by atoms with Gasteiger partial charge in [0.15, 0.2) is 0 Å². The molecule has 0 aromatic heterocycles. The second-order valence-electron chi connectivity index (χ2n) is 4.99. The summed E-state index contributed by atoms with van der Waals surface area (Å²) in [6.07, 6.45) is 1.19. The number of carbonyl (C=O) groups is 2. The molecule has 0 unspecified atom stereocenters. The van der Waals surface area contributed by atoms with E-state index < -0.39 is 27.8 Å². The first-order valence-corrected chi connectivity index (χ1v) is 7.95.